The molecule has 0 unspecified atom stereocenters. The summed E-state index contributed by atoms with van der Waals surface area (Å²) in [5.74, 6) is 0.0839. The molecule has 0 radical (unpaired) electrons. The van der Waals surface area contributed by atoms with Crippen LogP contribution in [0, 0.1) is 0 Å². The first kappa shape index (κ1) is 13.1. The van der Waals surface area contributed by atoms with Crippen molar-refractivity contribution in [1.82, 2.24) is 10.6 Å². The van der Waals surface area contributed by atoms with E-state index in [-0.39, 0.29) is 11.9 Å². The Kier molecular flexibility index (Phi) is 4.73. The highest BCUT2D eigenvalue weighted by Gasteiger charge is 2.23. The molecule has 4 nitrogen and oxygen atoms in total. The van der Waals surface area contributed by atoms with Crippen molar-refractivity contribution in [3.63, 3.8) is 0 Å². The summed E-state index contributed by atoms with van der Waals surface area (Å²) in [4.78, 5) is 12.0. The second kappa shape index (κ2) is 6.52. The zero-order valence-corrected chi connectivity index (χ0v) is 10.7. The number of amides is 1. The van der Waals surface area contributed by atoms with Gasteiger partial charge in [-0.2, -0.15) is 0 Å². The molecule has 0 saturated carbocycles. The topological polar surface area (TPSA) is 50.4 Å². The number of carbonyl (C=O) groups excluding carboxylic acids is 1. The molecule has 1 aromatic carbocycles. The van der Waals surface area contributed by atoms with Gasteiger partial charge in [0.2, 0.25) is 5.91 Å². The van der Waals surface area contributed by atoms with Gasteiger partial charge in [0.1, 0.15) is 0 Å². The molecule has 1 heterocycles. The van der Waals surface area contributed by atoms with Crippen molar-refractivity contribution in [3.05, 3.63) is 35.4 Å². The molecule has 4 heteroatoms. The lowest BCUT2D eigenvalue weighted by Gasteiger charge is -2.25. The van der Waals surface area contributed by atoms with Crippen LogP contribution >= 0.6 is 0 Å². The van der Waals surface area contributed by atoms with Gasteiger partial charge in [-0.25, -0.2) is 0 Å². The first-order valence-corrected chi connectivity index (χ1v) is 6.38. The lowest BCUT2D eigenvalue weighted by molar-refractivity contribution is -0.123. The average molecular weight is 248 g/mol. The number of methoxy groups -OCH3 is 1. The molecule has 0 saturated heterocycles. The van der Waals surface area contributed by atoms with Crippen LogP contribution in [0.1, 0.15) is 17.5 Å². The van der Waals surface area contributed by atoms with Gasteiger partial charge in [0.05, 0.1) is 6.04 Å². The van der Waals surface area contributed by atoms with E-state index >= 15 is 0 Å². The molecule has 1 atom stereocenters. The van der Waals surface area contributed by atoms with Gasteiger partial charge in [-0.15, -0.1) is 0 Å². The molecule has 1 amide bonds. The van der Waals surface area contributed by atoms with Gasteiger partial charge in [-0.05, 0) is 24.0 Å². The van der Waals surface area contributed by atoms with Gasteiger partial charge < -0.3 is 15.4 Å². The minimum atomic E-state index is -0.109. The zero-order valence-electron chi connectivity index (χ0n) is 10.7. The number of hydrogen-bond donors (Lipinski definition) is 2. The van der Waals surface area contributed by atoms with Crippen LogP contribution in [0.4, 0.5) is 0 Å². The maximum absolute atomic E-state index is 12.0. The van der Waals surface area contributed by atoms with Crippen LogP contribution in [0.25, 0.3) is 0 Å². The van der Waals surface area contributed by atoms with E-state index in [1.165, 1.54) is 11.1 Å². The van der Waals surface area contributed by atoms with Crippen molar-refractivity contribution in [2.45, 2.75) is 25.4 Å². The molecular weight excluding hydrogens is 228 g/mol. The summed E-state index contributed by atoms with van der Waals surface area (Å²) in [6, 6.07) is 8.15. The third-order valence-electron chi connectivity index (χ3n) is 3.22. The van der Waals surface area contributed by atoms with Gasteiger partial charge in [-0.3, -0.25) is 4.79 Å². The Balaban J connectivity index is 1.83. The van der Waals surface area contributed by atoms with E-state index in [2.05, 4.69) is 22.8 Å². The number of hydrogen-bond acceptors (Lipinski definition) is 3. The van der Waals surface area contributed by atoms with Crippen molar-refractivity contribution in [1.29, 1.82) is 0 Å². The smallest absolute Gasteiger partial charge is 0.237 e. The molecule has 1 aliphatic rings. The fourth-order valence-corrected chi connectivity index (χ4v) is 2.19. The summed E-state index contributed by atoms with van der Waals surface area (Å²) in [5, 5.41) is 6.21. The molecule has 1 aromatic rings. The molecule has 0 spiro atoms. The minimum Gasteiger partial charge on any atom is -0.385 e. The number of fused-ring (bicyclic) bond motifs is 1. The van der Waals surface area contributed by atoms with E-state index in [4.69, 9.17) is 4.74 Å². The summed E-state index contributed by atoms with van der Waals surface area (Å²) in [5.41, 5.74) is 2.56. The summed E-state index contributed by atoms with van der Waals surface area (Å²) in [6.45, 7) is 2.13. The Hall–Kier alpha value is -1.39. The van der Waals surface area contributed by atoms with E-state index in [1.54, 1.807) is 7.11 Å². The fraction of sp³-hybridized carbons (Fsp3) is 0.500. The van der Waals surface area contributed by atoms with Gasteiger partial charge in [0.25, 0.3) is 0 Å². The first-order valence-electron chi connectivity index (χ1n) is 6.38. The van der Waals surface area contributed by atoms with Crippen LogP contribution in [-0.4, -0.2) is 32.2 Å². The molecule has 2 rings (SSSR count). The third kappa shape index (κ3) is 3.31. The largest absolute Gasteiger partial charge is 0.385 e. The van der Waals surface area contributed by atoms with Crippen LogP contribution < -0.4 is 10.6 Å². The lowest BCUT2D eigenvalue weighted by Crippen LogP contribution is -2.47. The van der Waals surface area contributed by atoms with Crippen molar-refractivity contribution in [2.24, 2.45) is 0 Å². The molecule has 0 aromatic heterocycles. The van der Waals surface area contributed by atoms with Gasteiger partial charge in [0, 0.05) is 26.8 Å². The van der Waals surface area contributed by atoms with Crippen molar-refractivity contribution < 1.29 is 9.53 Å². The quantitative estimate of drug-likeness (QED) is 0.760. The van der Waals surface area contributed by atoms with Gasteiger partial charge >= 0.3 is 0 Å². The average Bonchev–Trinajstić information content (AvgIpc) is 2.43. The van der Waals surface area contributed by atoms with Crippen molar-refractivity contribution in [2.75, 3.05) is 20.3 Å². The Morgan fingerprint density at radius 1 is 1.44 bits per heavy atom. The Bertz CT molecular complexity index is 407. The standard InChI is InChI=1S/C14H20N2O2/c1-18-8-4-7-15-14(17)13-9-11-5-2-3-6-12(11)10-16-13/h2-3,5-6,13,16H,4,7-10H2,1H3,(H,15,17)/t13-/m1/s1. The predicted molar refractivity (Wildman–Crippen MR) is 70.3 cm³/mol. The normalized spacial score (nSPS) is 18.2. The lowest BCUT2D eigenvalue weighted by atomic mass is 9.95. The Morgan fingerprint density at radius 3 is 3.00 bits per heavy atom. The Labute approximate surface area is 108 Å². The number of ether oxygens (including phenoxy) is 1. The van der Waals surface area contributed by atoms with Gasteiger partial charge in [-0.1, -0.05) is 24.3 Å². The van der Waals surface area contributed by atoms with Crippen LogP contribution in [0.2, 0.25) is 0 Å². The number of nitrogens with one attached hydrogen (secondary N) is 2. The number of benzene rings is 1. The monoisotopic (exact) mass is 248 g/mol. The van der Waals surface area contributed by atoms with Crippen molar-refractivity contribution >= 4 is 5.91 Å². The molecule has 1 aliphatic heterocycles. The molecule has 2 N–H and O–H groups in total. The van der Waals surface area contributed by atoms with E-state index in [9.17, 15) is 4.79 Å². The SMILES string of the molecule is COCCCNC(=O)[C@H]1Cc2ccccc2CN1. The van der Waals surface area contributed by atoms with Crippen molar-refractivity contribution in [3.8, 4) is 0 Å². The molecule has 0 aliphatic carbocycles. The zero-order chi connectivity index (χ0) is 12.8. The molecular formula is C14H20N2O2. The third-order valence-corrected chi connectivity index (χ3v) is 3.22. The highest BCUT2D eigenvalue weighted by molar-refractivity contribution is 5.82. The predicted octanol–water partition coefficient (Wildman–Crippen LogP) is 0.854. The highest BCUT2D eigenvalue weighted by atomic mass is 16.5. The maximum atomic E-state index is 12.0. The fourth-order valence-electron chi connectivity index (χ4n) is 2.19. The first-order chi connectivity index (χ1) is 8.81. The second-order valence-electron chi connectivity index (χ2n) is 4.54. The van der Waals surface area contributed by atoms with E-state index in [0.717, 1.165) is 19.4 Å². The van der Waals surface area contributed by atoms with Crippen LogP contribution in [0.5, 0.6) is 0 Å². The minimum absolute atomic E-state index is 0.0839. The van der Waals surface area contributed by atoms with E-state index in [0.29, 0.717) is 13.2 Å². The summed E-state index contributed by atoms with van der Waals surface area (Å²) in [7, 11) is 1.67. The molecule has 0 fully saturated rings. The van der Waals surface area contributed by atoms with Crippen LogP contribution in [-0.2, 0) is 22.5 Å². The van der Waals surface area contributed by atoms with E-state index in [1.807, 2.05) is 12.1 Å². The molecule has 0 bridgehead atoms. The second-order valence-corrected chi connectivity index (χ2v) is 4.54. The Morgan fingerprint density at radius 2 is 2.22 bits per heavy atom. The van der Waals surface area contributed by atoms with Crippen LogP contribution in [0.3, 0.4) is 0 Å². The summed E-state index contributed by atoms with van der Waals surface area (Å²) < 4.78 is 4.95. The maximum Gasteiger partial charge on any atom is 0.237 e. The summed E-state index contributed by atoms with van der Waals surface area (Å²) in [6.07, 6.45) is 1.62. The molecule has 98 valence electrons. The van der Waals surface area contributed by atoms with Crippen LogP contribution in [0.15, 0.2) is 24.3 Å². The summed E-state index contributed by atoms with van der Waals surface area (Å²) >= 11 is 0. The number of rotatable bonds is 5. The molecule has 18 heavy (non-hydrogen) atoms. The highest BCUT2D eigenvalue weighted by Crippen LogP contribution is 2.16. The number of carbonyl (C=O) groups is 1. The van der Waals surface area contributed by atoms with E-state index < -0.39 is 0 Å². The van der Waals surface area contributed by atoms with Gasteiger partial charge in [0.15, 0.2) is 0 Å².